The standard InChI is InChI=1S/C14H18N2O/c1-10-5-3-4-6-12(10)16-13(9-15)14-8-7-11(2)17-14/h3-8,13,16H,9,15H2,1-2H3. The fourth-order valence-corrected chi connectivity index (χ4v) is 1.81. The second kappa shape index (κ2) is 5.06. The maximum absolute atomic E-state index is 5.79. The van der Waals surface area contributed by atoms with Crippen LogP contribution in [0.25, 0.3) is 0 Å². The zero-order chi connectivity index (χ0) is 12.3. The summed E-state index contributed by atoms with van der Waals surface area (Å²) in [5.41, 5.74) is 8.09. The highest BCUT2D eigenvalue weighted by molar-refractivity contribution is 5.51. The average molecular weight is 230 g/mol. The number of benzene rings is 1. The predicted molar refractivity (Wildman–Crippen MR) is 70.0 cm³/mol. The lowest BCUT2D eigenvalue weighted by atomic mass is 10.1. The third-order valence-corrected chi connectivity index (χ3v) is 2.82. The summed E-state index contributed by atoms with van der Waals surface area (Å²) in [7, 11) is 0. The van der Waals surface area contributed by atoms with Crippen molar-refractivity contribution < 1.29 is 4.42 Å². The molecule has 0 radical (unpaired) electrons. The number of aryl methyl sites for hydroxylation is 2. The first-order chi connectivity index (χ1) is 8.20. The van der Waals surface area contributed by atoms with E-state index in [-0.39, 0.29) is 6.04 Å². The van der Waals surface area contributed by atoms with Crippen LogP contribution in [0.5, 0.6) is 0 Å². The van der Waals surface area contributed by atoms with Gasteiger partial charge in [-0.1, -0.05) is 18.2 Å². The Balaban J connectivity index is 2.18. The molecule has 3 N–H and O–H groups in total. The van der Waals surface area contributed by atoms with E-state index in [1.165, 1.54) is 5.56 Å². The Morgan fingerprint density at radius 2 is 1.94 bits per heavy atom. The number of nitrogens with one attached hydrogen (secondary N) is 1. The molecule has 0 bridgehead atoms. The number of hydrogen-bond acceptors (Lipinski definition) is 3. The monoisotopic (exact) mass is 230 g/mol. The molecular formula is C14H18N2O. The smallest absolute Gasteiger partial charge is 0.127 e. The molecule has 0 aliphatic rings. The van der Waals surface area contributed by atoms with Crippen molar-refractivity contribution in [3.05, 3.63) is 53.5 Å². The normalized spacial score (nSPS) is 12.4. The van der Waals surface area contributed by atoms with Crippen molar-refractivity contribution in [1.82, 2.24) is 0 Å². The molecule has 0 aliphatic carbocycles. The zero-order valence-electron chi connectivity index (χ0n) is 10.2. The fourth-order valence-electron chi connectivity index (χ4n) is 1.81. The summed E-state index contributed by atoms with van der Waals surface area (Å²) in [4.78, 5) is 0. The lowest BCUT2D eigenvalue weighted by Gasteiger charge is -2.17. The molecule has 2 rings (SSSR count). The first-order valence-corrected chi connectivity index (χ1v) is 5.79. The summed E-state index contributed by atoms with van der Waals surface area (Å²) < 4.78 is 5.61. The van der Waals surface area contributed by atoms with Gasteiger partial charge in [-0.3, -0.25) is 0 Å². The summed E-state index contributed by atoms with van der Waals surface area (Å²) in [6.07, 6.45) is 0. The molecule has 1 unspecified atom stereocenters. The van der Waals surface area contributed by atoms with E-state index in [0.717, 1.165) is 17.2 Å². The molecule has 0 fully saturated rings. The van der Waals surface area contributed by atoms with Gasteiger partial charge in [0.05, 0.1) is 6.04 Å². The van der Waals surface area contributed by atoms with Crippen molar-refractivity contribution in [1.29, 1.82) is 0 Å². The third-order valence-electron chi connectivity index (χ3n) is 2.82. The van der Waals surface area contributed by atoms with Gasteiger partial charge in [0.2, 0.25) is 0 Å². The van der Waals surface area contributed by atoms with Crippen LogP contribution in [0.2, 0.25) is 0 Å². The summed E-state index contributed by atoms with van der Waals surface area (Å²) in [6.45, 7) is 4.51. The number of rotatable bonds is 4. The maximum atomic E-state index is 5.79. The van der Waals surface area contributed by atoms with Crippen LogP contribution in [0.15, 0.2) is 40.8 Å². The third kappa shape index (κ3) is 2.68. The summed E-state index contributed by atoms with van der Waals surface area (Å²) >= 11 is 0. The van der Waals surface area contributed by atoms with Crippen LogP contribution in [0.1, 0.15) is 23.1 Å². The first kappa shape index (κ1) is 11.7. The van der Waals surface area contributed by atoms with Crippen molar-refractivity contribution >= 4 is 5.69 Å². The molecule has 0 spiro atoms. The molecule has 1 atom stereocenters. The largest absolute Gasteiger partial charge is 0.464 e. The molecule has 3 heteroatoms. The second-order valence-corrected chi connectivity index (χ2v) is 4.20. The molecule has 90 valence electrons. The van der Waals surface area contributed by atoms with E-state index < -0.39 is 0 Å². The minimum absolute atomic E-state index is 0.0183. The number of hydrogen-bond donors (Lipinski definition) is 2. The lowest BCUT2D eigenvalue weighted by Crippen LogP contribution is -2.20. The van der Waals surface area contributed by atoms with E-state index in [0.29, 0.717) is 6.54 Å². The van der Waals surface area contributed by atoms with Gasteiger partial charge in [0.1, 0.15) is 11.5 Å². The van der Waals surface area contributed by atoms with Gasteiger partial charge in [-0.15, -0.1) is 0 Å². The van der Waals surface area contributed by atoms with E-state index in [9.17, 15) is 0 Å². The molecule has 1 aromatic carbocycles. The molecule has 0 saturated carbocycles. The predicted octanol–water partition coefficient (Wildman–Crippen LogP) is 3.01. The molecular weight excluding hydrogens is 212 g/mol. The van der Waals surface area contributed by atoms with Crippen LogP contribution >= 0.6 is 0 Å². The Kier molecular flexibility index (Phi) is 3.49. The van der Waals surface area contributed by atoms with Crippen molar-refractivity contribution in [3.8, 4) is 0 Å². The van der Waals surface area contributed by atoms with Crippen molar-refractivity contribution in [2.75, 3.05) is 11.9 Å². The van der Waals surface area contributed by atoms with Crippen LogP contribution in [0, 0.1) is 13.8 Å². The van der Waals surface area contributed by atoms with Crippen molar-refractivity contribution in [3.63, 3.8) is 0 Å². The summed E-state index contributed by atoms with van der Waals surface area (Å²) in [5.74, 6) is 1.79. The van der Waals surface area contributed by atoms with Gasteiger partial charge in [0, 0.05) is 12.2 Å². The maximum Gasteiger partial charge on any atom is 0.127 e. The second-order valence-electron chi connectivity index (χ2n) is 4.20. The molecule has 1 aromatic heterocycles. The van der Waals surface area contributed by atoms with Crippen molar-refractivity contribution in [2.24, 2.45) is 5.73 Å². The molecule has 3 nitrogen and oxygen atoms in total. The van der Waals surface area contributed by atoms with E-state index in [1.54, 1.807) is 0 Å². The van der Waals surface area contributed by atoms with E-state index in [2.05, 4.69) is 18.3 Å². The minimum atomic E-state index is 0.0183. The topological polar surface area (TPSA) is 51.2 Å². The van der Waals surface area contributed by atoms with Crippen LogP contribution < -0.4 is 11.1 Å². The molecule has 1 heterocycles. The van der Waals surface area contributed by atoms with Crippen LogP contribution in [-0.4, -0.2) is 6.54 Å². The fraction of sp³-hybridized carbons (Fsp3) is 0.286. The molecule has 0 saturated heterocycles. The van der Waals surface area contributed by atoms with Gasteiger partial charge in [0.25, 0.3) is 0 Å². The van der Waals surface area contributed by atoms with E-state index >= 15 is 0 Å². The van der Waals surface area contributed by atoms with E-state index in [4.69, 9.17) is 10.2 Å². The van der Waals surface area contributed by atoms with Gasteiger partial charge in [-0.25, -0.2) is 0 Å². The first-order valence-electron chi connectivity index (χ1n) is 5.79. The number of furan rings is 1. The van der Waals surface area contributed by atoms with Gasteiger partial charge in [-0.05, 0) is 37.6 Å². The quantitative estimate of drug-likeness (QED) is 0.849. The highest BCUT2D eigenvalue weighted by atomic mass is 16.3. The zero-order valence-corrected chi connectivity index (χ0v) is 10.2. The Morgan fingerprint density at radius 3 is 2.53 bits per heavy atom. The van der Waals surface area contributed by atoms with Gasteiger partial charge < -0.3 is 15.5 Å². The van der Waals surface area contributed by atoms with Gasteiger partial charge >= 0.3 is 0 Å². The molecule has 0 amide bonds. The molecule has 2 aromatic rings. The Morgan fingerprint density at radius 1 is 1.18 bits per heavy atom. The Labute approximate surface area is 102 Å². The van der Waals surface area contributed by atoms with Crippen LogP contribution in [0.4, 0.5) is 5.69 Å². The number of para-hydroxylation sites is 1. The SMILES string of the molecule is Cc1ccc(C(CN)Nc2ccccc2C)o1. The van der Waals surface area contributed by atoms with Crippen LogP contribution in [0.3, 0.4) is 0 Å². The molecule has 0 aliphatic heterocycles. The van der Waals surface area contributed by atoms with E-state index in [1.807, 2.05) is 37.3 Å². The average Bonchev–Trinajstić information content (AvgIpc) is 2.75. The highest BCUT2D eigenvalue weighted by Gasteiger charge is 2.13. The Hall–Kier alpha value is -1.74. The number of nitrogens with two attached hydrogens (primary N) is 1. The van der Waals surface area contributed by atoms with Gasteiger partial charge in [-0.2, -0.15) is 0 Å². The summed E-state index contributed by atoms with van der Waals surface area (Å²) in [5, 5.41) is 3.41. The Bertz CT molecular complexity index is 490. The minimum Gasteiger partial charge on any atom is -0.464 e. The van der Waals surface area contributed by atoms with Crippen molar-refractivity contribution in [2.45, 2.75) is 19.9 Å². The number of anilines is 1. The van der Waals surface area contributed by atoms with Gasteiger partial charge in [0.15, 0.2) is 0 Å². The highest BCUT2D eigenvalue weighted by Crippen LogP contribution is 2.22. The van der Waals surface area contributed by atoms with Crippen LogP contribution in [-0.2, 0) is 0 Å². The molecule has 17 heavy (non-hydrogen) atoms. The summed E-state index contributed by atoms with van der Waals surface area (Å²) in [6, 6.07) is 12.1. The lowest BCUT2D eigenvalue weighted by molar-refractivity contribution is 0.459.